The average Bonchev–Trinajstić information content (AvgIpc) is 2.94. The fourth-order valence-corrected chi connectivity index (χ4v) is 6.98. The van der Waals surface area contributed by atoms with Crippen LogP contribution in [0, 0.1) is 5.92 Å². The Kier molecular flexibility index (Phi) is 33.5. The van der Waals surface area contributed by atoms with Gasteiger partial charge in [-0.25, -0.2) is 8.42 Å². The molecule has 11 nitrogen and oxygen atoms in total. The predicted octanol–water partition coefficient (Wildman–Crippen LogP) is 5.29. The van der Waals surface area contributed by atoms with Gasteiger partial charge in [0.2, 0.25) is 15.1 Å². The molecule has 0 aliphatic heterocycles. The molecule has 0 aliphatic rings. The Morgan fingerprint density at radius 3 is 1.30 bits per heavy atom. The SMILES string of the molecule is CCCCCCCCC(C(=O)O)C(CCCCCCCC)(C(=O)O)S(=O)(=O)O.CCCCCCCCCCCCOS(=O)(=O)[O-].[Na+]. The van der Waals surface area contributed by atoms with Crippen molar-refractivity contribution in [2.45, 2.75) is 180 Å². The summed E-state index contributed by atoms with van der Waals surface area (Å²) in [5.41, 5.74) is 0. The van der Waals surface area contributed by atoms with Crippen LogP contribution < -0.4 is 29.6 Å². The van der Waals surface area contributed by atoms with E-state index in [0.717, 1.165) is 64.2 Å². The number of hydrogen-bond donors (Lipinski definition) is 3. The quantitative estimate of drug-likeness (QED) is 0.0379. The second-order valence-electron chi connectivity index (χ2n) is 12.0. The molecule has 0 aromatic rings. The second-order valence-corrected chi connectivity index (χ2v) is 14.8. The van der Waals surface area contributed by atoms with Crippen LogP contribution in [0.25, 0.3) is 0 Å². The molecule has 3 N–H and O–H groups in total. The van der Waals surface area contributed by atoms with Gasteiger partial charge in [-0.15, -0.1) is 0 Å². The van der Waals surface area contributed by atoms with E-state index in [1.54, 1.807) is 0 Å². The van der Waals surface area contributed by atoms with Crippen LogP contribution in [0.4, 0.5) is 0 Å². The molecule has 0 saturated heterocycles. The van der Waals surface area contributed by atoms with Crippen LogP contribution in [-0.4, -0.2) is 59.4 Å². The first-order valence-electron chi connectivity index (χ1n) is 17.2. The smallest absolute Gasteiger partial charge is 0.726 e. The predicted molar refractivity (Wildman–Crippen MR) is 177 cm³/mol. The Morgan fingerprint density at radius 2 is 0.978 bits per heavy atom. The molecule has 0 fully saturated rings. The molecule has 0 bridgehead atoms. The standard InChI is InChI=1S/C20H38O7S.C12H26O4S.Na/c1-3-5-7-9-11-13-15-17(18(21)22)20(19(23)24,28(25,26)27)16-14-12-10-8-6-4-2;1-2-3-4-5-6-7-8-9-10-11-12-16-17(13,14)15;/h17H,3-16H2,1-2H3,(H,21,22)(H,23,24)(H,25,26,27);2-12H2,1H3,(H,13,14,15);/q;;+1/p-1. The Balaban J connectivity index is -0.000000882. The molecule has 0 rings (SSSR count). The maximum Gasteiger partial charge on any atom is 1.00 e. The summed E-state index contributed by atoms with van der Waals surface area (Å²) in [5, 5.41) is 19.3. The van der Waals surface area contributed by atoms with E-state index in [4.69, 9.17) is 0 Å². The monoisotopic (exact) mass is 710 g/mol. The van der Waals surface area contributed by atoms with E-state index in [-0.39, 0.29) is 55.4 Å². The third kappa shape index (κ3) is 25.7. The summed E-state index contributed by atoms with van der Waals surface area (Å²) in [5.74, 6) is -4.93. The van der Waals surface area contributed by atoms with Gasteiger partial charge in [-0.2, -0.15) is 8.42 Å². The summed E-state index contributed by atoms with van der Waals surface area (Å²) in [7, 11) is -9.58. The van der Waals surface area contributed by atoms with Crippen molar-refractivity contribution in [2.75, 3.05) is 6.61 Å². The molecular formula is C32H63NaO11S2. The van der Waals surface area contributed by atoms with E-state index in [9.17, 15) is 45.7 Å². The summed E-state index contributed by atoms with van der Waals surface area (Å²) in [6.45, 7) is 6.38. The third-order valence-corrected chi connectivity index (χ3v) is 10.2. The minimum Gasteiger partial charge on any atom is -0.726 e. The molecular weight excluding hydrogens is 647 g/mol. The number of carbonyl (C=O) groups is 2. The summed E-state index contributed by atoms with van der Waals surface area (Å²) in [4.78, 5) is 23.8. The Bertz CT molecular complexity index is 959. The number of unbranched alkanes of at least 4 members (excludes halogenated alkanes) is 19. The van der Waals surface area contributed by atoms with Crippen molar-refractivity contribution in [1.29, 1.82) is 0 Å². The van der Waals surface area contributed by atoms with Gasteiger partial charge in [0.05, 0.1) is 12.5 Å². The fourth-order valence-electron chi connectivity index (χ4n) is 5.45. The number of rotatable bonds is 30. The molecule has 0 aromatic carbocycles. The zero-order valence-corrected chi connectivity index (χ0v) is 32.8. The van der Waals surface area contributed by atoms with Gasteiger partial charge in [-0.1, -0.05) is 156 Å². The molecule has 0 aliphatic carbocycles. The van der Waals surface area contributed by atoms with Gasteiger partial charge in [-0.3, -0.25) is 18.3 Å². The first-order chi connectivity index (χ1) is 21.2. The van der Waals surface area contributed by atoms with Crippen LogP contribution in [0.5, 0.6) is 0 Å². The van der Waals surface area contributed by atoms with Crippen LogP contribution in [0.15, 0.2) is 0 Å². The zero-order chi connectivity index (χ0) is 34.6. The third-order valence-electron chi connectivity index (χ3n) is 8.16. The number of hydrogen-bond acceptors (Lipinski definition) is 8. The van der Waals surface area contributed by atoms with Crippen LogP contribution in [0.1, 0.15) is 175 Å². The van der Waals surface area contributed by atoms with Crippen LogP contribution in [0.2, 0.25) is 0 Å². The van der Waals surface area contributed by atoms with Gasteiger partial charge in [-0.05, 0) is 19.3 Å². The molecule has 0 heterocycles. The van der Waals surface area contributed by atoms with Crippen LogP contribution >= 0.6 is 0 Å². The van der Waals surface area contributed by atoms with Crippen molar-refractivity contribution < 1.29 is 79.5 Å². The minimum absolute atomic E-state index is 0. The van der Waals surface area contributed by atoms with Crippen LogP contribution in [-0.2, 0) is 34.3 Å². The van der Waals surface area contributed by atoms with Crippen molar-refractivity contribution in [2.24, 2.45) is 5.92 Å². The van der Waals surface area contributed by atoms with Gasteiger partial charge >= 0.3 is 41.5 Å². The summed E-state index contributed by atoms with van der Waals surface area (Å²) >= 11 is 0. The molecule has 0 amide bonds. The summed E-state index contributed by atoms with van der Waals surface area (Å²) in [6.07, 6.45) is 21.1. The topological polar surface area (TPSA) is 195 Å². The maximum atomic E-state index is 12.1. The normalized spacial score (nSPS) is 13.6. The average molecular weight is 711 g/mol. The van der Waals surface area contributed by atoms with E-state index in [2.05, 4.69) is 25.0 Å². The van der Waals surface area contributed by atoms with Crippen LogP contribution in [0.3, 0.4) is 0 Å². The van der Waals surface area contributed by atoms with Crippen molar-refractivity contribution in [3.63, 3.8) is 0 Å². The van der Waals surface area contributed by atoms with Gasteiger partial charge in [0, 0.05) is 0 Å². The minimum atomic E-state index is -5.10. The maximum absolute atomic E-state index is 12.1. The Labute approximate surface area is 302 Å². The van der Waals surface area contributed by atoms with Crippen molar-refractivity contribution in [1.82, 2.24) is 0 Å². The van der Waals surface area contributed by atoms with E-state index in [1.165, 1.54) is 44.9 Å². The summed E-state index contributed by atoms with van der Waals surface area (Å²) in [6, 6.07) is 0. The number of carboxylic acid groups (broad SMARTS) is 2. The van der Waals surface area contributed by atoms with Gasteiger partial charge in [0.1, 0.15) is 0 Å². The number of carboxylic acids is 2. The molecule has 2 atom stereocenters. The van der Waals surface area contributed by atoms with E-state index >= 15 is 0 Å². The van der Waals surface area contributed by atoms with Gasteiger partial charge in [0.15, 0.2) is 0 Å². The van der Waals surface area contributed by atoms with Crippen molar-refractivity contribution in [3.8, 4) is 0 Å². The number of aliphatic carboxylic acids is 2. The fraction of sp³-hybridized carbons (Fsp3) is 0.938. The molecule has 0 aromatic heterocycles. The van der Waals surface area contributed by atoms with E-state index in [1.807, 2.05) is 0 Å². The first kappa shape index (κ1) is 50.1. The first-order valence-corrected chi connectivity index (χ1v) is 20.0. The van der Waals surface area contributed by atoms with Gasteiger partial charge in [0.25, 0.3) is 10.1 Å². The van der Waals surface area contributed by atoms with E-state index in [0.29, 0.717) is 25.7 Å². The molecule has 14 heteroatoms. The van der Waals surface area contributed by atoms with E-state index < -0.39 is 43.1 Å². The Morgan fingerprint density at radius 1 is 0.630 bits per heavy atom. The van der Waals surface area contributed by atoms with Crippen molar-refractivity contribution in [3.05, 3.63) is 0 Å². The molecule has 0 saturated carbocycles. The molecule has 270 valence electrons. The summed E-state index contributed by atoms with van der Waals surface area (Å²) < 4.78 is 65.7. The van der Waals surface area contributed by atoms with Gasteiger partial charge < -0.3 is 14.8 Å². The molecule has 2 unspecified atom stereocenters. The molecule has 46 heavy (non-hydrogen) atoms. The largest absolute Gasteiger partial charge is 1.00 e. The molecule has 0 spiro atoms. The Hall–Kier alpha value is -0.280. The molecule has 0 radical (unpaired) electrons. The van der Waals surface area contributed by atoms with Crippen molar-refractivity contribution >= 4 is 32.5 Å². The zero-order valence-electron chi connectivity index (χ0n) is 29.2. The second kappa shape index (κ2) is 30.8.